The van der Waals surface area contributed by atoms with Crippen LogP contribution in [0.5, 0.6) is 0 Å². The van der Waals surface area contributed by atoms with Crippen LogP contribution < -0.4 is 0 Å². The van der Waals surface area contributed by atoms with Crippen LogP contribution in [0.2, 0.25) is 0 Å². The Morgan fingerprint density at radius 2 is 2.20 bits per heavy atom. The maximum absolute atomic E-state index is 12.5. The van der Waals surface area contributed by atoms with Crippen molar-refractivity contribution in [1.82, 2.24) is 14.7 Å². The number of nitrogens with zero attached hydrogens (tertiary/aromatic N) is 3. The van der Waals surface area contributed by atoms with Crippen molar-refractivity contribution in [1.29, 1.82) is 0 Å². The van der Waals surface area contributed by atoms with Gasteiger partial charge >= 0.3 is 0 Å². The fourth-order valence-corrected chi connectivity index (χ4v) is 3.43. The van der Waals surface area contributed by atoms with Gasteiger partial charge in [0.1, 0.15) is 0 Å². The summed E-state index contributed by atoms with van der Waals surface area (Å²) in [6.07, 6.45) is 5.04. The average Bonchev–Trinajstić information content (AvgIpc) is 3.29. The molecule has 1 saturated heterocycles. The summed E-state index contributed by atoms with van der Waals surface area (Å²) in [5.74, 6) is -0.0542. The average molecular weight is 339 g/mol. The molecule has 3 rings (SSSR count). The molecule has 5 heteroatoms. The molecule has 5 nitrogen and oxygen atoms in total. The first-order valence-electron chi connectivity index (χ1n) is 8.82. The number of amides is 1. The van der Waals surface area contributed by atoms with Crippen molar-refractivity contribution in [2.45, 2.75) is 45.0 Å². The molecule has 1 amide bonds. The van der Waals surface area contributed by atoms with E-state index in [-0.39, 0.29) is 18.1 Å². The number of aromatic nitrogens is 2. The topological polar surface area (TPSA) is 47.4 Å². The van der Waals surface area contributed by atoms with E-state index in [0.29, 0.717) is 19.7 Å². The van der Waals surface area contributed by atoms with Crippen molar-refractivity contribution in [2.75, 3.05) is 6.61 Å². The first kappa shape index (κ1) is 17.4. The number of carbonyl (C=O) groups is 1. The molecule has 1 aliphatic heterocycles. The molecule has 0 unspecified atom stereocenters. The Bertz CT molecular complexity index is 711. The summed E-state index contributed by atoms with van der Waals surface area (Å²) < 4.78 is 7.74. The number of ether oxygens (including phenoxy) is 1. The zero-order valence-electron chi connectivity index (χ0n) is 14.7. The predicted molar refractivity (Wildman–Crippen MR) is 97.0 cm³/mol. The molecule has 25 heavy (non-hydrogen) atoms. The summed E-state index contributed by atoms with van der Waals surface area (Å²) >= 11 is 0. The highest BCUT2D eigenvalue weighted by atomic mass is 16.5. The van der Waals surface area contributed by atoms with E-state index in [9.17, 15) is 4.79 Å². The lowest BCUT2D eigenvalue weighted by Gasteiger charge is -2.31. The molecule has 1 aromatic carbocycles. The van der Waals surface area contributed by atoms with Crippen molar-refractivity contribution < 1.29 is 9.53 Å². The third-order valence-corrected chi connectivity index (χ3v) is 4.75. The highest BCUT2D eigenvalue weighted by Gasteiger charge is 2.34. The molecule has 2 atom stereocenters. The van der Waals surface area contributed by atoms with E-state index in [1.54, 1.807) is 6.20 Å². The standard InChI is InChI=1S/C20H25N3O2/c1-3-19-18(11-13-25-19)22(20(24)4-2)15-17-10-12-21-23(17)14-16-8-6-5-7-9-16/h4-10,12,18-19H,2-3,11,13-15H2,1H3/t18-,19+/m1/s1. The van der Waals surface area contributed by atoms with E-state index in [2.05, 4.69) is 30.7 Å². The highest BCUT2D eigenvalue weighted by Crippen LogP contribution is 2.24. The Morgan fingerprint density at radius 3 is 2.92 bits per heavy atom. The lowest BCUT2D eigenvalue weighted by atomic mass is 10.1. The Hall–Kier alpha value is -2.40. The van der Waals surface area contributed by atoms with Crippen molar-refractivity contribution >= 4 is 5.91 Å². The second-order valence-corrected chi connectivity index (χ2v) is 6.31. The summed E-state index contributed by atoms with van der Waals surface area (Å²) in [5, 5.41) is 4.44. The van der Waals surface area contributed by atoms with Crippen LogP contribution in [0.25, 0.3) is 0 Å². The lowest BCUT2D eigenvalue weighted by molar-refractivity contribution is -0.130. The zero-order chi connectivity index (χ0) is 17.6. The number of hydrogen-bond acceptors (Lipinski definition) is 3. The highest BCUT2D eigenvalue weighted by molar-refractivity contribution is 5.87. The van der Waals surface area contributed by atoms with Crippen molar-refractivity contribution in [2.24, 2.45) is 0 Å². The summed E-state index contributed by atoms with van der Waals surface area (Å²) in [6.45, 7) is 7.68. The molecular formula is C20H25N3O2. The number of benzene rings is 1. The van der Waals surface area contributed by atoms with Crippen LogP contribution in [-0.2, 0) is 22.6 Å². The minimum absolute atomic E-state index is 0.0542. The second kappa shape index (κ2) is 8.12. The number of rotatable bonds is 7. The van der Waals surface area contributed by atoms with Crippen molar-refractivity contribution in [3.8, 4) is 0 Å². The van der Waals surface area contributed by atoms with Gasteiger partial charge in [-0.2, -0.15) is 5.10 Å². The minimum Gasteiger partial charge on any atom is -0.376 e. The van der Waals surface area contributed by atoms with E-state index in [4.69, 9.17) is 4.74 Å². The van der Waals surface area contributed by atoms with Gasteiger partial charge in [-0.3, -0.25) is 9.48 Å². The number of carbonyl (C=O) groups excluding carboxylic acids is 1. The third kappa shape index (κ3) is 3.99. The molecule has 0 saturated carbocycles. The molecule has 0 aliphatic carbocycles. The fraction of sp³-hybridized carbons (Fsp3) is 0.400. The van der Waals surface area contributed by atoms with E-state index >= 15 is 0 Å². The van der Waals surface area contributed by atoms with Crippen molar-refractivity contribution in [3.63, 3.8) is 0 Å². The second-order valence-electron chi connectivity index (χ2n) is 6.31. The van der Waals surface area contributed by atoms with Crippen LogP contribution in [0.4, 0.5) is 0 Å². The first-order chi connectivity index (χ1) is 12.2. The van der Waals surface area contributed by atoms with Gasteiger partial charge in [0.2, 0.25) is 5.91 Å². The normalized spacial score (nSPS) is 19.7. The monoisotopic (exact) mass is 339 g/mol. The SMILES string of the molecule is C=CC(=O)N(Cc1ccnn1Cc1ccccc1)[C@@H]1CCO[C@H]1CC. The van der Waals surface area contributed by atoms with Crippen LogP contribution in [0.1, 0.15) is 31.0 Å². The quantitative estimate of drug-likeness (QED) is 0.729. The maximum atomic E-state index is 12.5. The van der Waals surface area contributed by atoms with Gasteiger partial charge < -0.3 is 9.64 Å². The van der Waals surface area contributed by atoms with Crippen LogP contribution in [-0.4, -0.2) is 39.3 Å². The van der Waals surface area contributed by atoms with E-state index in [1.807, 2.05) is 33.8 Å². The fourth-order valence-electron chi connectivity index (χ4n) is 3.43. The summed E-state index contributed by atoms with van der Waals surface area (Å²) in [7, 11) is 0. The predicted octanol–water partition coefficient (Wildman–Crippen LogP) is 3.01. The van der Waals surface area contributed by atoms with Crippen LogP contribution in [0.3, 0.4) is 0 Å². The largest absolute Gasteiger partial charge is 0.376 e. The van der Waals surface area contributed by atoms with Crippen LogP contribution in [0, 0.1) is 0 Å². The summed E-state index contributed by atoms with van der Waals surface area (Å²) in [6, 6.07) is 12.3. The minimum atomic E-state index is -0.0542. The molecule has 0 N–H and O–H groups in total. The molecule has 1 aromatic heterocycles. The van der Waals surface area contributed by atoms with E-state index in [0.717, 1.165) is 18.5 Å². The zero-order valence-corrected chi connectivity index (χ0v) is 14.7. The van der Waals surface area contributed by atoms with Gasteiger partial charge in [-0.15, -0.1) is 0 Å². The van der Waals surface area contributed by atoms with Gasteiger partial charge in [-0.1, -0.05) is 43.8 Å². The van der Waals surface area contributed by atoms with Crippen molar-refractivity contribution in [3.05, 3.63) is 66.5 Å². The van der Waals surface area contributed by atoms with Gasteiger partial charge in [-0.05, 0) is 30.5 Å². The lowest BCUT2D eigenvalue weighted by Crippen LogP contribution is -2.43. The van der Waals surface area contributed by atoms with Crippen LogP contribution >= 0.6 is 0 Å². The summed E-state index contributed by atoms with van der Waals surface area (Å²) in [4.78, 5) is 14.4. The third-order valence-electron chi connectivity index (χ3n) is 4.75. The Balaban J connectivity index is 1.80. The molecule has 2 aromatic rings. The van der Waals surface area contributed by atoms with Gasteiger partial charge in [0, 0.05) is 12.8 Å². The Morgan fingerprint density at radius 1 is 1.40 bits per heavy atom. The van der Waals surface area contributed by atoms with Gasteiger partial charge in [0.05, 0.1) is 30.9 Å². The molecular weight excluding hydrogens is 314 g/mol. The van der Waals surface area contributed by atoms with E-state index in [1.165, 1.54) is 11.6 Å². The van der Waals surface area contributed by atoms with Crippen LogP contribution in [0.15, 0.2) is 55.3 Å². The maximum Gasteiger partial charge on any atom is 0.246 e. The Kier molecular flexibility index (Phi) is 5.66. The molecule has 1 fully saturated rings. The van der Waals surface area contributed by atoms with Gasteiger partial charge in [-0.25, -0.2) is 0 Å². The Labute approximate surface area is 148 Å². The molecule has 0 radical (unpaired) electrons. The van der Waals surface area contributed by atoms with Gasteiger partial charge in [0.25, 0.3) is 0 Å². The molecule has 132 valence electrons. The molecule has 0 bridgehead atoms. The first-order valence-corrected chi connectivity index (χ1v) is 8.82. The molecule has 2 heterocycles. The smallest absolute Gasteiger partial charge is 0.246 e. The van der Waals surface area contributed by atoms with E-state index < -0.39 is 0 Å². The summed E-state index contributed by atoms with van der Waals surface area (Å²) in [5.41, 5.74) is 2.20. The van der Waals surface area contributed by atoms with Gasteiger partial charge in [0.15, 0.2) is 0 Å². The molecule has 0 spiro atoms. The number of hydrogen-bond donors (Lipinski definition) is 0. The molecule has 1 aliphatic rings.